The summed E-state index contributed by atoms with van der Waals surface area (Å²) in [5.41, 5.74) is 3.63. The summed E-state index contributed by atoms with van der Waals surface area (Å²) in [6, 6.07) is 7.84. The first-order valence-electron chi connectivity index (χ1n) is 10.5. The molecule has 2 aliphatic rings. The smallest absolute Gasteiger partial charge is 0.222 e. The van der Waals surface area contributed by atoms with Gasteiger partial charge in [0.05, 0.1) is 6.54 Å². The summed E-state index contributed by atoms with van der Waals surface area (Å²) in [7, 11) is 1.68. The van der Waals surface area contributed by atoms with E-state index in [0.29, 0.717) is 19.8 Å². The zero-order valence-electron chi connectivity index (χ0n) is 17.9. The van der Waals surface area contributed by atoms with Gasteiger partial charge >= 0.3 is 0 Å². The quantitative estimate of drug-likeness (QED) is 0.766. The first kappa shape index (κ1) is 20.5. The number of likely N-dealkylation sites (tertiary alicyclic amines) is 1. The number of aryl methyl sites for hydroxylation is 1. The first-order chi connectivity index (χ1) is 14.5. The van der Waals surface area contributed by atoms with Crippen LogP contribution in [-0.2, 0) is 4.79 Å². The molecule has 0 spiro atoms. The number of ether oxygens (including phenoxy) is 2. The summed E-state index contributed by atoms with van der Waals surface area (Å²) in [5.74, 6) is 1.76. The van der Waals surface area contributed by atoms with Crippen LogP contribution in [0.5, 0.6) is 11.5 Å². The minimum atomic E-state index is 0.0571. The predicted octanol–water partition coefficient (Wildman–Crippen LogP) is 2.51. The number of aromatic nitrogens is 1. The Kier molecular flexibility index (Phi) is 5.81. The van der Waals surface area contributed by atoms with Crippen molar-refractivity contribution in [3.05, 3.63) is 41.2 Å². The Morgan fingerprint density at radius 2 is 1.77 bits per heavy atom. The van der Waals surface area contributed by atoms with Gasteiger partial charge in [-0.1, -0.05) is 0 Å². The number of hydrogen-bond donors (Lipinski definition) is 1. The van der Waals surface area contributed by atoms with E-state index in [-0.39, 0.29) is 17.6 Å². The number of ketones is 1. The molecule has 3 heterocycles. The van der Waals surface area contributed by atoms with Gasteiger partial charge in [0.1, 0.15) is 13.2 Å². The van der Waals surface area contributed by atoms with Crippen molar-refractivity contribution < 1.29 is 19.1 Å². The second kappa shape index (κ2) is 8.52. The minimum Gasteiger partial charge on any atom is -0.486 e. The fraction of sp³-hybridized carbons (Fsp3) is 0.478. The average Bonchev–Trinajstić information content (AvgIpc) is 3.07. The molecule has 0 atom stereocenters. The topological polar surface area (TPSA) is 72.8 Å². The highest BCUT2D eigenvalue weighted by molar-refractivity contribution is 5.99. The van der Waals surface area contributed by atoms with Gasteiger partial charge in [-0.15, -0.1) is 0 Å². The van der Waals surface area contributed by atoms with Crippen molar-refractivity contribution in [3.8, 4) is 17.2 Å². The van der Waals surface area contributed by atoms with Gasteiger partial charge in [-0.05, 0) is 58.0 Å². The number of rotatable bonds is 5. The molecule has 1 N–H and O–H groups in total. The third-order valence-corrected chi connectivity index (χ3v) is 6.09. The lowest BCUT2D eigenvalue weighted by molar-refractivity contribution is -0.125. The number of carbonyl (C=O) groups excluding carboxylic acids is 2. The molecule has 4 rings (SSSR count). The highest BCUT2D eigenvalue weighted by Gasteiger charge is 2.26. The van der Waals surface area contributed by atoms with Crippen molar-refractivity contribution in [2.24, 2.45) is 5.92 Å². The van der Waals surface area contributed by atoms with Gasteiger partial charge in [0, 0.05) is 41.7 Å². The Morgan fingerprint density at radius 3 is 2.47 bits per heavy atom. The number of hydrogen-bond acceptors (Lipinski definition) is 5. The SMILES string of the molecule is CNC(=O)C1CCN(CC(=O)c2cc(C)n(-c3ccc4c(c3)OCCO4)c2C)CC1. The van der Waals surface area contributed by atoms with Crippen LogP contribution in [0.1, 0.15) is 34.6 Å². The summed E-state index contributed by atoms with van der Waals surface area (Å²) >= 11 is 0. The molecule has 160 valence electrons. The molecule has 1 saturated heterocycles. The Balaban J connectivity index is 1.48. The molecular formula is C23H29N3O4. The zero-order valence-corrected chi connectivity index (χ0v) is 17.9. The van der Waals surface area contributed by atoms with Crippen LogP contribution >= 0.6 is 0 Å². The first-order valence-corrected chi connectivity index (χ1v) is 10.5. The number of fused-ring (bicyclic) bond motifs is 1. The number of carbonyl (C=O) groups is 2. The summed E-state index contributed by atoms with van der Waals surface area (Å²) in [4.78, 5) is 27.0. The maximum atomic E-state index is 13.1. The third-order valence-electron chi connectivity index (χ3n) is 6.09. The average molecular weight is 412 g/mol. The van der Waals surface area contributed by atoms with E-state index in [4.69, 9.17) is 9.47 Å². The highest BCUT2D eigenvalue weighted by atomic mass is 16.6. The molecular weight excluding hydrogens is 382 g/mol. The second-order valence-corrected chi connectivity index (χ2v) is 8.04. The van der Waals surface area contributed by atoms with Crippen LogP contribution in [0, 0.1) is 19.8 Å². The third kappa shape index (κ3) is 3.94. The normalized spacial score (nSPS) is 17.0. The monoisotopic (exact) mass is 411 g/mol. The summed E-state index contributed by atoms with van der Waals surface area (Å²) < 4.78 is 13.4. The molecule has 0 saturated carbocycles. The largest absolute Gasteiger partial charge is 0.486 e. The van der Waals surface area contributed by atoms with Crippen molar-refractivity contribution in [2.75, 3.05) is 39.9 Å². The van der Waals surface area contributed by atoms with E-state index in [1.807, 2.05) is 38.1 Å². The molecule has 2 aromatic rings. The molecule has 1 aromatic carbocycles. The van der Waals surface area contributed by atoms with Crippen LogP contribution < -0.4 is 14.8 Å². The standard InChI is InChI=1S/C23H29N3O4/c1-15-12-19(20(27)14-25-8-6-17(7-9-25)23(28)24-3)16(2)26(15)18-4-5-21-22(13-18)30-11-10-29-21/h4-5,12-13,17H,6-11,14H2,1-3H3,(H,24,28). The van der Waals surface area contributed by atoms with Gasteiger partial charge in [0.25, 0.3) is 0 Å². The van der Waals surface area contributed by atoms with Crippen molar-refractivity contribution in [1.82, 2.24) is 14.8 Å². The molecule has 7 nitrogen and oxygen atoms in total. The Bertz CT molecular complexity index is 958. The maximum Gasteiger partial charge on any atom is 0.222 e. The molecule has 30 heavy (non-hydrogen) atoms. The van der Waals surface area contributed by atoms with Crippen LogP contribution in [0.3, 0.4) is 0 Å². The molecule has 0 radical (unpaired) electrons. The number of piperidine rings is 1. The molecule has 1 aromatic heterocycles. The van der Waals surface area contributed by atoms with Gasteiger partial charge in [0.15, 0.2) is 17.3 Å². The van der Waals surface area contributed by atoms with Crippen LogP contribution in [0.4, 0.5) is 0 Å². The summed E-state index contributed by atoms with van der Waals surface area (Å²) in [6.45, 7) is 7.01. The number of benzene rings is 1. The molecule has 0 aliphatic carbocycles. The fourth-order valence-corrected chi connectivity index (χ4v) is 4.46. The van der Waals surface area contributed by atoms with E-state index < -0.39 is 0 Å². The number of amides is 1. The van der Waals surface area contributed by atoms with Gasteiger partial charge in [-0.2, -0.15) is 0 Å². The number of Topliss-reactive ketones (excluding diaryl/α,β-unsaturated/α-hetero) is 1. The van der Waals surface area contributed by atoms with E-state index >= 15 is 0 Å². The van der Waals surface area contributed by atoms with Crippen molar-refractivity contribution in [3.63, 3.8) is 0 Å². The van der Waals surface area contributed by atoms with Gasteiger partial charge in [0.2, 0.25) is 5.91 Å². The maximum absolute atomic E-state index is 13.1. The Labute approximate surface area is 177 Å². The lowest BCUT2D eigenvalue weighted by Crippen LogP contribution is -2.41. The van der Waals surface area contributed by atoms with E-state index in [1.165, 1.54) is 0 Å². The molecule has 2 aliphatic heterocycles. The Hall–Kier alpha value is -2.80. The van der Waals surface area contributed by atoms with Crippen molar-refractivity contribution >= 4 is 11.7 Å². The van der Waals surface area contributed by atoms with Crippen LogP contribution in [0.25, 0.3) is 5.69 Å². The van der Waals surface area contributed by atoms with Crippen LogP contribution in [0.15, 0.2) is 24.3 Å². The zero-order chi connectivity index (χ0) is 21.3. The molecule has 0 bridgehead atoms. The van der Waals surface area contributed by atoms with E-state index in [9.17, 15) is 9.59 Å². The summed E-state index contributed by atoms with van der Waals surface area (Å²) in [6.07, 6.45) is 1.59. The minimum absolute atomic E-state index is 0.0571. The molecule has 7 heteroatoms. The summed E-state index contributed by atoms with van der Waals surface area (Å²) in [5, 5.41) is 2.72. The fourth-order valence-electron chi connectivity index (χ4n) is 4.46. The highest BCUT2D eigenvalue weighted by Crippen LogP contribution is 2.33. The lowest BCUT2D eigenvalue weighted by Gasteiger charge is -2.30. The van der Waals surface area contributed by atoms with E-state index in [2.05, 4.69) is 14.8 Å². The van der Waals surface area contributed by atoms with Crippen LogP contribution in [-0.4, -0.2) is 61.1 Å². The lowest BCUT2D eigenvalue weighted by atomic mass is 9.95. The second-order valence-electron chi connectivity index (χ2n) is 8.04. The number of nitrogens with one attached hydrogen (secondary N) is 1. The molecule has 0 unspecified atom stereocenters. The van der Waals surface area contributed by atoms with Crippen LogP contribution in [0.2, 0.25) is 0 Å². The number of nitrogens with zero attached hydrogens (tertiary/aromatic N) is 2. The van der Waals surface area contributed by atoms with Gasteiger partial charge < -0.3 is 19.4 Å². The van der Waals surface area contributed by atoms with Gasteiger partial charge in [-0.3, -0.25) is 14.5 Å². The molecule has 1 amide bonds. The van der Waals surface area contributed by atoms with Crippen molar-refractivity contribution in [2.45, 2.75) is 26.7 Å². The van der Waals surface area contributed by atoms with E-state index in [0.717, 1.165) is 60.1 Å². The van der Waals surface area contributed by atoms with Crippen molar-refractivity contribution in [1.29, 1.82) is 0 Å². The Morgan fingerprint density at radius 1 is 1.07 bits per heavy atom. The molecule has 1 fully saturated rings. The predicted molar refractivity (Wildman–Crippen MR) is 114 cm³/mol. The van der Waals surface area contributed by atoms with Gasteiger partial charge in [-0.25, -0.2) is 0 Å². The van der Waals surface area contributed by atoms with E-state index in [1.54, 1.807) is 7.05 Å².